The SMILES string of the molecule is COc1cc(/C=C2\C(=O)NC(=O)N(c3cc(C)cc(C)c3)C2=O)cc(Br)c1OCC(=O)Nc1ccc(C)cc1. The number of barbiturate groups is 1. The Hall–Kier alpha value is -4.44. The number of amides is 5. The van der Waals surface area contributed by atoms with Gasteiger partial charge in [0.1, 0.15) is 5.57 Å². The number of benzene rings is 3. The minimum atomic E-state index is -0.821. The number of ether oxygens (including phenoxy) is 2. The molecule has 1 heterocycles. The molecule has 5 amide bonds. The van der Waals surface area contributed by atoms with Crippen LogP contribution in [0.5, 0.6) is 11.5 Å². The molecule has 0 unspecified atom stereocenters. The first-order valence-electron chi connectivity index (χ1n) is 11.9. The van der Waals surface area contributed by atoms with Crippen molar-refractivity contribution in [1.29, 1.82) is 0 Å². The Morgan fingerprint density at radius 2 is 1.64 bits per heavy atom. The lowest BCUT2D eigenvalue weighted by atomic mass is 10.0. The Bertz CT molecular complexity index is 1490. The molecule has 0 atom stereocenters. The summed E-state index contributed by atoms with van der Waals surface area (Å²) in [5, 5.41) is 4.98. The number of aryl methyl sites for hydroxylation is 3. The maximum absolute atomic E-state index is 13.3. The topological polar surface area (TPSA) is 114 Å². The third-order valence-electron chi connectivity index (χ3n) is 5.81. The largest absolute Gasteiger partial charge is 0.493 e. The monoisotopic (exact) mass is 591 g/mol. The maximum Gasteiger partial charge on any atom is 0.335 e. The van der Waals surface area contributed by atoms with Crippen molar-refractivity contribution in [2.24, 2.45) is 0 Å². The van der Waals surface area contributed by atoms with E-state index in [1.54, 1.807) is 36.4 Å². The number of nitrogens with one attached hydrogen (secondary N) is 2. The Morgan fingerprint density at radius 3 is 2.28 bits per heavy atom. The number of urea groups is 1. The van der Waals surface area contributed by atoms with Gasteiger partial charge in [-0.3, -0.25) is 19.7 Å². The van der Waals surface area contributed by atoms with Crippen LogP contribution in [0.4, 0.5) is 16.2 Å². The van der Waals surface area contributed by atoms with Crippen LogP contribution in [0.3, 0.4) is 0 Å². The van der Waals surface area contributed by atoms with Crippen LogP contribution in [0, 0.1) is 20.8 Å². The average Bonchev–Trinajstić information content (AvgIpc) is 2.86. The smallest absolute Gasteiger partial charge is 0.335 e. The number of rotatable bonds is 7. The number of anilines is 2. The van der Waals surface area contributed by atoms with Crippen LogP contribution >= 0.6 is 15.9 Å². The van der Waals surface area contributed by atoms with E-state index in [1.165, 1.54) is 13.2 Å². The molecule has 0 radical (unpaired) electrons. The van der Waals surface area contributed by atoms with Crippen LogP contribution in [0.1, 0.15) is 22.3 Å². The second kappa shape index (κ2) is 11.5. The molecule has 0 aromatic heterocycles. The van der Waals surface area contributed by atoms with Crippen LogP contribution < -0.4 is 25.0 Å². The molecule has 10 heteroatoms. The molecule has 200 valence electrons. The number of nitrogens with zero attached hydrogens (tertiary/aromatic N) is 1. The average molecular weight is 592 g/mol. The van der Waals surface area contributed by atoms with Gasteiger partial charge in [0.25, 0.3) is 17.7 Å². The van der Waals surface area contributed by atoms with Gasteiger partial charge in [-0.2, -0.15) is 0 Å². The molecule has 0 aliphatic carbocycles. The van der Waals surface area contributed by atoms with E-state index in [2.05, 4.69) is 26.6 Å². The number of halogens is 1. The molecular formula is C29H26BrN3O6. The zero-order valence-corrected chi connectivity index (χ0v) is 23.3. The fourth-order valence-corrected chi connectivity index (χ4v) is 4.65. The predicted molar refractivity (Wildman–Crippen MR) is 151 cm³/mol. The van der Waals surface area contributed by atoms with Crippen molar-refractivity contribution in [3.63, 3.8) is 0 Å². The first-order valence-corrected chi connectivity index (χ1v) is 12.7. The molecule has 1 fully saturated rings. The van der Waals surface area contributed by atoms with E-state index in [0.717, 1.165) is 21.6 Å². The molecule has 0 bridgehead atoms. The molecule has 3 aromatic rings. The van der Waals surface area contributed by atoms with Gasteiger partial charge < -0.3 is 14.8 Å². The van der Waals surface area contributed by atoms with Crippen molar-refractivity contribution in [1.82, 2.24) is 5.32 Å². The van der Waals surface area contributed by atoms with Gasteiger partial charge >= 0.3 is 6.03 Å². The summed E-state index contributed by atoms with van der Waals surface area (Å²) in [6.07, 6.45) is 1.36. The number of hydrogen-bond acceptors (Lipinski definition) is 6. The van der Waals surface area contributed by atoms with Crippen molar-refractivity contribution in [3.8, 4) is 11.5 Å². The van der Waals surface area contributed by atoms with E-state index in [4.69, 9.17) is 9.47 Å². The van der Waals surface area contributed by atoms with Crippen LogP contribution in [0.25, 0.3) is 6.08 Å². The molecule has 1 saturated heterocycles. The highest BCUT2D eigenvalue weighted by Crippen LogP contribution is 2.37. The van der Waals surface area contributed by atoms with Gasteiger partial charge in [0, 0.05) is 5.69 Å². The zero-order chi connectivity index (χ0) is 28.3. The second-order valence-electron chi connectivity index (χ2n) is 9.04. The molecule has 3 aromatic carbocycles. The Kier molecular flexibility index (Phi) is 8.15. The second-order valence-corrected chi connectivity index (χ2v) is 9.90. The molecule has 0 spiro atoms. The normalized spacial score (nSPS) is 14.3. The summed E-state index contributed by atoms with van der Waals surface area (Å²) in [6, 6.07) is 15.0. The predicted octanol–water partition coefficient (Wildman–Crippen LogP) is 5.07. The van der Waals surface area contributed by atoms with Crippen molar-refractivity contribution in [2.75, 3.05) is 23.9 Å². The summed E-state index contributed by atoms with van der Waals surface area (Å²) >= 11 is 3.42. The molecular weight excluding hydrogens is 566 g/mol. The minimum absolute atomic E-state index is 0.228. The lowest BCUT2D eigenvalue weighted by molar-refractivity contribution is -0.122. The standard InChI is InChI=1S/C29H26BrN3O6/c1-16-5-7-20(8-6-16)31-25(34)15-39-26-23(30)13-19(14-24(26)38-4)12-22-27(35)32-29(37)33(28(22)36)21-10-17(2)9-18(3)11-21/h5-14H,15H2,1-4H3,(H,31,34)(H,32,35,37)/b22-12+. The Balaban J connectivity index is 1.57. The first kappa shape index (κ1) is 27.6. The van der Waals surface area contributed by atoms with Crippen molar-refractivity contribution in [2.45, 2.75) is 20.8 Å². The van der Waals surface area contributed by atoms with Crippen LogP contribution in [-0.2, 0) is 14.4 Å². The summed E-state index contributed by atoms with van der Waals surface area (Å²) in [4.78, 5) is 51.8. The lowest BCUT2D eigenvalue weighted by Crippen LogP contribution is -2.54. The van der Waals surface area contributed by atoms with E-state index >= 15 is 0 Å². The summed E-state index contributed by atoms with van der Waals surface area (Å²) in [5.74, 6) is -1.39. The Labute approximate surface area is 233 Å². The highest BCUT2D eigenvalue weighted by atomic mass is 79.9. The lowest BCUT2D eigenvalue weighted by Gasteiger charge is -2.27. The minimum Gasteiger partial charge on any atom is -0.493 e. The zero-order valence-electron chi connectivity index (χ0n) is 21.8. The summed E-state index contributed by atoms with van der Waals surface area (Å²) in [6.45, 7) is 5.38. The van der Waals surface area contributed by atoms with Crippen molar-refractivity contribution in [3.05, 3.63) is 86.9 Å². The summed E-state index contributed by atoms with van der Waals surface area (Å²) in [5.41, 5.74) is 4.02. The molecule has 4 rings (SSSR count). The molecule has 2 N–H and O–H groups in total. The number of methoxy groups -OCH3 is 1. The van der Waals surface area contributed by atoms with Gasteiger partial charge in [-0.05, 0) is 95.9 Å². The van der Waals surface area contributed by atoms with Crippen LogP contribution in [0.15, 0.2) is 64.6 Å². The van der Waals surface area contributed by atoms with E-state index in [1.807, 2.05) is 39.0 Å². The van der Waals surface area contributed by atoms with E-state index in [-0.39, 0.29) is 29.6 Å². The number of carbonyl (C=O) groups is 4. The van der Waals surface area contributed by atoms with Gasteiger partial charge in [0.05, 0.1) is 17.3 Å². The maximum atomic E-state index is 13.3. The highest BCUT2D eigenvalue weighted by Gasteiger charge is 2.37. The van der Waals surface area contributed by atoms with Gasteiger partial charge in [-0.1, -0.05) is 23.8 Å². The third-order valence-corrected chi connectivity index (χ3v) is 6.40. The van der Waals surface area contributed by atoms with E-state index in [9.17, 15) is 19.2 Å². The van der Waals surface area contributed by atoms with Crippen molar-refractivity contribution >= 4 is 57.1 Å². The summed E-state index contributed by atoms with van der Waals surface area (Å²) in [7, 11) is 1.43. The highest BCUT2D eigenvalue weighted by molar-refractivity contribution is 9.10. The van der Waals surface area contributed by atoms with Gasteiger partial charge in [-0.25, -0.2) is 9.69 Å². The number of imide groups is 2. The van der Waals surface area contributed by atoms with Gasteiger partial charge in [0.15, 0.2) is 18.1 Å². The van der Waals surface area contributed by atoms with E-state index < -0.39 is 17.8 Å². The molecule has 1 aliphatic heterocycles. The van der Waals surface area contributed by atoms with Crippen molar-refractivity contribution < 1.29 is 28.7 Å². The van der Waals surface area contributed by atoms with E-state index in [0.29, 0.717) is 21.4 Å². The summed E-state index contributed by atoms with van der Waals surface area (Å²) < 4.78 is 11.6. The van der Waals surface area contributed by atoms with Gasteiger partial charge in [-0.15, -0.1) is 0 Å². The first-order chi connectivity index (χ1) is 18.5. The number of carbonyl (C=O) groups excluding carboxylic acids is 4. The fourth-order valence-electron chi connectivity index (χ4n) is 4.07. The molecule has 39 heavy (non-hydrogen) atoms. The molecule has 9 nitrogen and oxygen atoms in total. The third kappa shape index (κ3) is 6.35. The van der Waals surface area contributed by atoms with Gasteiger partial charge in [0.2, 0.25) is 0 Å². The van der Waals surface area contributed by atoms with Crippen LogP contribution in [-0.4, -0.2) is 37.5 Å². The fraction of sp³-hybridized carbons (Fsp3) is 0.172. The Morgan fingerprint density at radius 1 is 0.974 bits per heavy atom. The van der Waals surface area contributed by atoms with Crippen LogP contribution in [0.2, 0.25) is 0 Å². The molecule has 0 saturated carbocycles. The molecule has 1 aliphatic rings. The number of hydrogen-bond donors (Lipinski definition) is 2. The quantitative estimate of drug-likeness (QED) is 0.293.